The van der Waals surface area contributed by atoms with E-state index < -0.39 is 0 Å². The van der Waals surface area contributed by atoms with Crippen molar-refractivity contribution >= 4 is 29.0 Å². The molecule has 0 radical (unpaired) electrons. The van der Waals surface area contributed by atoms with Gasteiger partial charge in [-0.15, -0.1) is 0 Å². The quantitative estimate of drug-likeness (QED) is 0.943. The van der Waals surface area contributed by atoms with Gasteiger partial charge in [0.1, 0.15) is 5.82 Å². The first kappa shape index (κ1) is 14.9. The van der Waals surface area contributed by atoms with E-state index >= 15 is 0 Å². The summed E-state index contributed by atoms with van der Waals surface area (Å²) in [4.78, 5) is 18.4. The molecule has 22 heavy (non-hydrogen) atoms. The van der Waals surface area contributed by atoms with E-state index in [0.29, 0.717) is 17.4 Å². The third-order valence-corrected chi connectivity index (χ3v) is 4.00. The minimum Gasteiger partial charge on any atom is -0.362 e. The van der Waals surface area contributed by atoms with Crippen molar-refractivity contribution in [3.05, 3.63) is 52.7 Å². The lowest BCUT2D eigenvalue weighted by Gasteiger charge is -2.31. The summed E-state index contributed by atoms with van der Waals surface area (Å²) in [6.45, 7) is 3.33. The molecule has 1 aliphatic heterocycles. The standard InChI is InChI=1S/C17H18ClN3O/c1-12-4-6-15-13(9-12)3-2-8-21(15)11-17(22)20-16-7-5-14(18)10-19-16/h4-7,9-10H,2-3,8,11H2,1H3,(H,19,20,22). The Balaban J connectivity index is 1.69. The summed E-state index contributed by atoms with van der Waals surface area (Å²) in [7, 11) is 0. The summed E-state index contributed by atoms with van der Waals surface area (Å²) in [5.41, 5.74) is 3.75. The highest BCUT2D eigenvalue weighted by atomic mass is 35.5. The molecule has 1 N–H and O–H groups in total. The molecule has 1 aromatic carbocycles. The summed E-state index contributed by atoms with van der Waals surface area (Å²) in [6, 6.07) is 9.82. The molecule has 0 unspecified atom stereocenters. The third kappa shape index (κ3) is 3.39. The van der Waals surface area contributed by atoms with Gasteiger partial charge < -0.3 is 10.2 Å². The average molecular weight is 316 g/mol. The van der Waals surface area contributed by atoms with Crippen molar-refractivity contribution in [2.24, 2.45) is 0 Å². The number of halogens is 1. The topological polar surface area (TPSA) is 45.2 Å². The fourth-order valence-electron chi connectivity index (χ4n) is 2.77. The van der Waals surface area contributed by atoms with Crippen LogP contribution in [0.2, 0.25) is 5.02 Å². The lowest BCUT2D eigenvalue weighted by molar-refractivity contribution is -0.115. The second-order valence-electron chi connectivity index (χ2n) is 5.57. The number of rotatable bonds is 3. The number of aromatic nitrogens is 1. The Hall–Kier alpha value is -2.07. The molecule has 3 rings (SSSR count). The number of anilines is 2. The van der Waals surface area contributed by atoms with Crippen molar-refractivity contribution in [1.82, 2.24) is 4.98 Å². The maximum Gasteiger partial charge on any atom is 0.245 e. The minimum absolute atomic E-state index is 0.0664. The van der Waals surface area contributed by atoms with Gasteiger partial charge >= 0.3 is 0 Å². The highest BCUT2D eigenvalue weighted by Crippen LogP contribution is 2.27. The number of fused-ring (bicyclic) bond motifs is 1. The highest BCUT2D eigenvalue weighted by molar-refractivity contribution is 6.30. The van der Waals surface area contributed by atoms with E-state index in [1.807, 2.05) is 0 Å². The van der Waals surface area contributed by atoms with Crippen LogP contribution in [0.15, 0.2) is 36.5 Å². The molecule has 0 saturated carbocycles. The number of amides is 1. The van der Waals surface area contributed by atoms with Crippen LogP contribution in [0.25, 0.3) is 0 Å². The molecule has 4 nitrogen and oxygen atoms in total. The maximum absolute atomic E-state index is 12.2. The molecular formula is C17H18ClN3O. The number of carbonyl (C=O) groups excluding carboxylic acids is 1. The van der Waals surface area contributed by atoms with Crippen molar-refractivity contribution in [3.8, 4) is 0 Å². The SMILES string of the molecule is Cc1ccc2c(c1)CCCN2CC(=O)Nc1ccc(Cl)cn1. The first-order valence-corrected chi connectivity index (χ1v) is 7.75. The van der Waals surface area contributed by atoms with Gasteiger partial charge in [-0.3, -0.25) is 4.79 Å². The fraction of sp³-hybridized carbons (Fsp3) is 0.294. The number of carbonyl (C=O) groups is 1. The van der Waals surface area contributed by atoms with Crippen LogP contribution >= 0.6 is 11.6 Å². The summed E-state index contributed by atoms with van der Waals surface area (Å²) in [6.07, 6.45) is 3.67. The number of hydrogen-bond donors (Lipinski definition) is 1. The molecule has 1 aliphatic rings. The van der Waals surface area contributed by atoms with Gasteiger partial charge in [0, 0.05) is 18.4 Å². The highest BCUT2D eigenvalue weighted by Gasteiger charge is 2.19. The zero-order valence-electron chi connectivity index (χ0n) is 12.5. The lowest BCUT2D eigenvalue weighted by atomic mass is 9.99. The van der Waals surface area contributed by atoms with E-state index in [0.717, 1.165) is 25.1 Å². The number of pyridine rings is 1. The Morgan fingerprint density at radius 1 is 1.36 bits per heavy atom. The van der Waals surface area contributed by atoms with Gasteiger partial charge in [0.15, 0.2) is 0 Å². The van der Waals surface area contributed by atoms with Crippen molar-refractivity contribution in [3.63, 3.8) is 0 Å². The van der Waals surface area contributed by atoms with Gasteiger partial charge in [0.25, 0.3) is 0 Å². The first-order valence-electron chi connectivity index (χ1n) is 7.38. The van der Waals surface area contributed by atoms with E-state index in [1.165, 1.54) is 17.3 Å². The van der Waals surface area contributed by atoms with Gasteiger partial charge in [-0.2, -0.15) is 0 Å². The first-order chi connectivity index (χ1) is 10.6. The van der Waals surface area contributed by atoms with Crippen LogP contribution in [0.3, 0.4) is 0 Å². The maximum atomic E-state index is 12.2. The van der Waals surface area contributed by atoms with E-state index in [9.17, 15) is 4.79 Å². The van der Waals surface area contributed by atoms with Gasteiger partial charge in [0.2, 0.25) is 5.91 Å². The second kappa shape index (κ2) is 6.36. The molecule has 1 aromatic heterocycles. The Kier molecular flexibility index (Phi) is 4.29. The number of hydrogen-bond acceptors (Lipinski definition) is 3. The van der Waals surface area contributed by atoms with Gasteiger partial charge in [0.05, 0.1) is 11.6 Å². The van der Waals surface area contributed by atoms with E-state index in [4.69, 9.17) is 11.6 Å². The second-order valence-corrected chi connectivity index (χ2v) is 6.00. The van der Waals surface area contributed by atoms with Gasteiger partial charge in [-0.1, -0.05) is 29.3 Å². The molecule has 0 bridgehead atoms. The van der Waals surface area contributed by atoms with Crippen molar-refractivity contribution in [2.75, 3.05) is 23.3 Å². The number of nitrogens with zero attached hydrogens (tertiary/aromatic N) is 2. The third-order valence-electron chi connectivity index (χ3n) is 3.78. The molecular weight excluding hydrogens is 298 g/mol. The summed E-state index contributed by atoms with van der Waals surface area (Å²) in [5, 5.41) is 3.36. The van der Waals surface area contributed by atoms with Crippen LogP contribution in [-0.4, -0.2) is 24.0 Å². The Morgan fingerprint density at radius 2 is 2.23 bits per heavy atom. The van der Waals surface area contributed by atoms with Crippen molar-refractivity contribution in [1.29, 1.82) is 0 Å². The monoisotopic (exact) mass is 315 g/mol. The molecule has 0 saturated heterocycles. The molecule has 2 heterocycles. The average Bonchev–Trinajstić information content (AvgIpc) is 2.49. The van der Waals surface area contributed by atoms with Crippen LogP contribution in [-0.2, 0) is 11.2 Å². The van der Waals surface area contributed by atoms with Crippen LogP contribution in [0.4, 0.5) is 11.5 Å². The molecule has 114 valence electrons. The van der Waals surface area contributed by atoms with Crippen LogP contribution in [0, 0.1) is 6.92 Å². The number of nitrogens with one attached hydrogen (secondary N) is 1. The number of benzene rings is 1. The fourth-order valence-corrected chi connectivity index (χ4v) is 2.89. The lowest BCUT2D eigenvalue weighted by Crippen LogP contribution is -2.36. The normalized spacial score (nSPS) is 13.6. The molecule has 0 aliphatic carbocycles. The smallest absolute Gasteiger partial charge is 0.245 e. The van der Waals surface area contributed by atoms with Crippen LogP contribution in [0.5, 0.6) is 0 Å². The molecule has 0 atom stereocenters. The zero-order chi connectivity index (χ0) is 15.5. The molecule has 2 aromatic rings. The molecule has 0 fully saturated rings. The van der Waals surface area contributed by atoms with Gasteiger partial charge in [-0.05, 0) is 43.5 Å². The largest absolute Gasteiger partial charge is 0.362 e. The number of aryl methyl sites for hydroxylation is 2. The van der Waals surface area contributed by atoms with E-state index in [2.05, 4.69) is 40.3 Å². The van der Waals surface area contributed by atoms with E-state index in [1.54, 1.807) is 12.1 Å². The van der Waals surface area contributed by atoms with Crippen molar-refractivity contribution in [2.45, 2.75) is 19.8 Å². The molecule has 5 heteroatoms. The molecule has 0 spiro atoms. The minimum atomic E-state index is -0.0664. The molecule has 1 amide bonds. The van der Waals surface area contributed by atoms with Crippen LogP contribution in [0.1, 0.15) is 17.5 Å². The summed E-state index contributed by atoms with van der Waals surface area (Å²) < 4.78 is 0. The Bertz CT molecular complexity index is 685. The van der Waals surface area contributed by atoms with E-state index in [-0.39, 0.29) is 5.91 Å². The van der Waals surface area contributed by atoms with Gasteiger partial charge in [-0.25, -0.2) is 4.98 Å². The Labute approximate surface area is 135 Å². The summed E-state index contributed by atoms with van der Waals surface area (Å²) >= 11 is 5.79. The summed E-state index contributed by atoms with van der Waals surface area (Å²) in [5.74, 6) is 0.457. The van der Waals surface area contributed by atoms with Crippen molar-refractivity contribution < 1.29 is 4.79 Å². The predicted octanol–water partition coefficient (Wildman–Crippen LogP) is 3.43. The van der Waals surface area contributed by atoms with Crippen LogP contribution < -0.4 is 10.2 Å². The zero-order valence-corrected chi connectivity index (χ0v) is 13.2. The predicted molar refractivity (Wildman–Crippen MR) is 89.6 cm³/mol. The Morgan fingerprint density at radius 3 is 3.00 bits per heavy atom.